The van der Waals surface area contributed by atoms with Gasteiger partial charge in [-0.05, 0) is 32.9 Å². The number of nitrogens with zero attached hydrogens (tertiary/aromatic N) is 2. The Kier molecular flexibility index (Phi) is 3.40. The van der Waals surface area contributed by atoms with Crippen molar-refractivity contribution >= 4 is 17.1 Å². The van der Waals surface area contributed by atoms with Crippen molar-refractivity contribution in [3.05, 3.63) is 29.8 Å². The van der Waals surface area contributed by atoms with Gasteiger partial charge in [0.25, 0.3) is 0 Å². The lowest BCUT2D eigenvalue weighted by atomic mass is 10.2. The molecule has 0 amide bonds. The number of aliphatic imine (C=N–C) groups is 1. The van der Waals surface area contributed by atoms with E-state index in [-0.39, 0.29) is 0 Å². The van der Waals surface area contributed by atoms with E-state index in [2.05, 4.69) is 10.1 Å². The van der Waals surface area contributed by atoms with Crippen molar-refractivity contribution in [3.8, 4) is 0 Å². The van der Waals surface area contributed by atoms with Crippen LogP contribution in [0, 0.1) is 6.92 Å². The maximum absolute atomic E-state index is 8.53. The fourth-order valence-corrected chi connectivity index (χ4v) is 0.966. The molecule has 0 aliphatic heterocycles. The maximum atomic E-state index is 8.53. The van der Waals surface area contributed by atoms with Crippen molar-refractivity contribution < 1.29 is 5.21 Å². The Balaban J connectivity index is 2.92. The lowest BCUT2D eigenvalue weighted by molar-refractivity contribution is 0.320. The standard InChI is InChI=1S/C11H14N2O/c1-8-4-6-11(7-5-8)12-9(2)10(3)13-14/h4-7,14H,1-3H3/b12-9?,13-10+. The summed E-state index contributed by atoms with van der Waals surface area (Å²) in [6, 6.07) is 7.86. The first-order valence-electron chi connectivity index (χ1n) is 4.44. The lowest BCUT2D eigenvalue weighted by Gasteiger charge is -1.98. The number of aryl methyl sites for hydroxylation is 1. The third-order valence-electron chi connectivity index (χ3n) is 2.00. The van der Waals surface area contributed by atoms with Crippen molar-refractivity contribution in [2.75, 3.05) is 0 Å². The van der Waals surface area contributed by atoms with Gasteiger partial charge < -0.3 is 5.21 Å². The highest BCUT2D eigenvalue weighted by Crippen LogP contribution is 2.12. The van der Waals surface area contributed by atoms with Gasteiger partial charge in [-0.2, -0.15) is 0 Å². The summed E-state index contributed by atoms with van der Waals surface area (Å²) in [5, 5.41) is 11.6. The van der Waals surface area contributed by atoms with Crippen molar-refractivity contribution in [2.45, 2.75) is 20.8 Å². The Morgan fingerprint density at radius 2 is 1.64 bits per heavy atom. The quantitative estimate of drug-likeness (QED) is 0.435. The molecule has 0 aromatic heterocycles. The van der Waals surface area contributed by atoms with Gasteiger partial charge in [-0.1, -0.05) is 22.9 Å². The largest absolute Gasteiger partial charge is 0.411 e. The SMILES string of the molecule is CC(=Nc1ccc(C)cc1)/C(C)=N/O. The highest BCUT2D eigenvalue weighted by atomic mass is 16.4. The molecule has 0 aliphatic rings. The molecule has 0 unspecified atom stereocenters. The second-order valence-electron chi connectivity index (χ2n) is 3.22. The Hall–Kier alpha value is -1.64. The first-order valence-corrected chi connectivity index (χ1v) is 4.44. The van der Waals surface area contributed by atoms with E-state index in [4.69, 9.17) is 5.21 Å². The van der Waals surface area contributed by atoms with Crippen molar-refractivity contribution in [1.82, 2.24) is 0 Å². The average molecular weight is 190 g/mol. The number of hydrogen-bond acceptors (Lipinski definition) is 3. The summed E-state index contributed by atoms with van der Waals surface area (Å²) in [6.45, 7) is 5.56. The van der Waals surface area contributed by atoms with Gasteiger partial charge >= 0.3 is 0 Å². The molecule has 0 fully saturated rings. The summed E-state index contributed by atoms with van der Waals surface area (Å²) in [5.41, 5.74) is 3.33. The summed E-state index contributed by atoms with van der Waals surface area (Å²) >= 11 is 0. The predicted octanol–water partition coefficient (Wildman–Crippen LogP) is 2.94. The molecule has 0 aliphatic carbocycles. The van der Waals surface area contributed by atoms with Gasteiger partial charge in [-0.25, -0.2) is 0 Å². The van der Waals surface area contributed by atoms with Crippen LogP contribution >= 0.6 is 0 Å². The summed E-state index contributed by atoms with van der Waals surface area (Å²) < 4.78 is 0. The molecule has 1 aromatic carbocycles. The van der Waals surface area contributed by atoms with Gasteiger partial charge in [0.1, 0.15) is 0 Å². The molecule has 3 heteroatoms. The lowest BCUT2D eigenvalue weighted by Crippen LogP contribution is -2.04. The molecular formula is C11H14N2O. The second kappa shape index (κ2) is 4.56. The normalized spacial score (nSPS) is 13.1. The molecule has 0 spiro atoms. The molecule has 0 heterocycles. The van der Waals surface area contributed by atoms with E-state index < -0.39 is 0 Å². The van der Waals surface area contributed by atoms with E-state index in [0.717, 1.165) is 11.4 Å². The highest BCUT2D eigenvalue weighted by Gasteiger charge is 1.97. The zero-order valence-electron chi connectivity index (χ0n) is 8.65. The Morgan fingerprint density at radius 1 is 1.07 bits per heavy atom. The van der Waals surface area contributed by atoms with E-state index in [0.29, 0.717) is 5.71 Å². The summed E-state index contributed by atoms with van der Waals surface area (Å²) in [7, 11) is 0. The maximum Gasteiger partial charge on any atom is 0.0976 e. The summed E-state index contributed by atoms with van der Waals surface area (Å²) in [4.78, 5) is 4.30. The van der Waals surface area contributed by atoms with Crippen LogP contribution in [0.5, 0.6) is 0 Å². The predicted molar refractivity (Wildman–Crippen MR) is 58.8 cm³/mol. The number of hydrogen-bond donors (Lipinski definition) is 1. The monoisotopic (exact) mass is 190 g/mol. The fraction of sp³-hybridized carbons (Fsp3) is 0.273. The molecule has 0 radical (unpaired) electrons. The molecule has 0 saturated carbocycles. The van der Waals surface area contributed by atoms with Crippen LogP contribution in [0.2, 0.25) is 0 Å². The van der Waals surface area contributed by atoms with E-state index >= 15 is 0 Å². The van der Waals surface area contributed by atoms with Crippen LogP contribution in [-0.4, -0.2) is 16.6 Å². The van der Waals surface area contributed by atoms with Gasteiger partial charge in [0.15, 0.2) is 0 Å². The molecule has 1 N–H and O–H groups in total. The van der Waals surface area contributed by atoms with Gasteiger partial charge in [0.05, 0.1) is 17.1 Å². The molecule has 1 rings (SSSR count). The summed E-state index contributed by atoms with van der Waals surface area (Å²) in [6.07, 6.45) is 0. The smallest absolute Gasteiger partial charge is 0.0976 e. The molecule has 0 atom stereocenters. The van der Waals surface area contributed by atoms with Crippen LogP contribution in [0.4, 0.5) is 5.69 Å². The van der Waals surface area contributed by atoms with E-state index in [1.165, 1.54) is 5.56 Å². The topological polar surface area (TPSA) is 45.0 Å². The van der Waals surface area contributed by atoms with Gasteiger partial charge in [-0.15, -0.1) is 0 Å². The zero-order chi connectivity index (χ0) is 10.6. The third kappa shape index (κ3) is 2.69. The van der Waals surface area contributed by atoms with E-state index in [1.807, 2.05) is 38.1 Å². The molecule has 0 saturated heterocycles. The Morgan fingerprint density at radius 3 is 2.14 bits per heavy atom. The van der Waals surface area contributed by atoms with Crippen molar-refractivity contribution in [1.29, 1.82) is 0 Å². The van der Waals surface area contributed by atoms with Crippen molar-refractivity contribution in [3.63, 3.8) is 0 Å². The fourth-order valence-electron chi connectivity index (χ4n) is 0.966. The first-order chi connectivity index (χ1) is 6.63. The molecule has 1 aromatic rings. The van der Waals surface area contributed by atoms with Crippen LogP contribution in [0.25, 0.3) is 0 Å². The minimum absolute atomic E-state index is 0.533. The Labute approximate surface area is 83.8 Å². The van der Waals surface area contributed by atoms with Gasteiger partial charge in [0.2, 0.25) is 0 Å². The number of rotatable bonds is 2. The average Bonchev–Trinajstić information content (AvgIpc) is 2.20. The van der Waals surface area contributed by atoms with Crippen LogP contribution in [0.15, 0.2) is 34.4 Å². The van der Waals surface area contributed by atoms with Gasteiger partial charge in [-0.3, -0.25) is 4.99 Å². The zero-order valence-corrected chi connectivity index (χ0v) is 8.65. The number of oxime groups is 1. The highest BCUT2D eigenvalue weighted by molar-refractivity contribution is 6.40. The third-order valence-corrected chi connectivity index (χ3v) is 2.00. The second-order valence-corrected chi connectivity index (χ2v) is 3.22. The van der Waals surface area contributed by atoms with E-state index in [9.17, 15) is 0 Å². The van der Waals surface area contributed by atoms with Crippen LogP contribution in [0.3, 0.4) is 0 Å². The molecule has 0 bridgehead atoms. The van der Waals surface area contributed by atoms with Crippen LogP contribution in [-0.2, 0) is 0 Å². The first kappa shape index (κ1) is 10.4. The Bertz CT molecular complexity index is 363. The molecule has 74 valence electrons. The van der Waals surface area contributed by atoms with Crippen LogP contribution < -0.4 is 0 Å². The number of benzene rings is 1. The van der Waals surface area contributed by atoms with E-state index in [1.54, 1.807) is 6.92 Å². The molecule has 3 nitrogen and oxygen atoms in total. The molecular weight excluding hydrogens is 176 g/mol. The van der Waals surface area contributed by atoms with Gasteiger partial charge in [0, 0.05) is 0 Å². The minimum atomic E-state index is 0.533. The molecule has 14 heavy (non-hydrogen) atoms. The van der Waals surface area contributed by atoms with Crippen molar-refractivity contribution in [2.24, 2.45) is 10.1 Å². The van der Waals surface area contributed by atoms with Crippen LogP contribution in [0.1, 0.15) is 19.4 Å². The summed E-state index contributed by atoms with van der Waals surface area (Å²) in [5.74, 6) is 0. The minimum Gasteiger partial charge on any atom is -0.411 e.